The maximum atomic E-state index is 4.65. The van der Waals surface area contributed by atoms with Crippen LogP contribution in [0.1, 0.15) is 54.7 Å². The summed E-state index contributed by atoms with van der Waals surface area (Å²) < 4.78 is 2.21. The second-order valence-corrected chi connectivity index (χ2v) is 6.74. The quantitative estimate of drug-likeness (QED) is 0.853. The number of fused-ring (bicyclic) bond motifs is 1. The minimum absolute atomic E-state index is 0.425. The largest absolute Gasteiger partial charge is 0.297 e. The average molecular weight is 296 g/mol. The van der Waals surface area contributed by atoms with Crippen LogP contribution in [-0.2, 0) is 12.8 Å². The van der Waals surface area contributed by atoms with Gasteiger partial charge in [0.2, 0.25) is 0 Å². The van der Waals surface area contributed by atoms with Gasteiger partial charge in [0.15, 0.2) is 0 Å². The summed E-state index contributed by atoms with van der Waals surface area (Å²) in [6, 6.07) is 9.65. The molecule has 116 valence electrons. The van der Waals surface area contributed by atoms with Gasteiger partial charge < -0.3 is 0 Å². The first kappa shape index (κ1) is 13.9. The third-order valence-electron chi connectivity index (χ3n) is 5.29. The third kappa shape index (κ3) is 2.45. The summed E-state index contributed by atoms with van der Waals surface area (Å²) in [5, 5.41) is 4.60. The Hall–Kier alpha value is -1.68. The smallest absolute Gasteiger partial charge is 0.144 e. The lowest BCUT2D eigenvalue weighted by Crippen LogP contribution is -2.28. The summed E-state index contributed by atoms with van der Waals surface area (Å²) >= 11 is 0. The molecule has 0 radical (unpaired) electrons. The molecule has 1 fully saturated rings. The predicted molar refractivity (Wildman–Crippen MR) is 86.7 cm³/mol. The van der Waals surface area contributed by atoms with Crippen molar-refractivity contribution in [2.75, 3.05) is 13.6 Å². The van der Waals surface area contributed by atoms with Crippen LogP contribution in [0.15, 0.2) is 30.6 Å². The summed E-state index contributed by atoms with van der Waals surface area (Å²) in [7, 11) is 2.23. The Morgan fingerprint density at radius 2 is 1.82 bits per heavy atom. The molecule has 4 rings (SSSR count). The first-order valence-electron chi connectivity index (χ1n) is 8.49. The SMILES string of the molecule is CN1CCCCC[C@H]1c1ncnn1C1Cc2ccccc2C1. The van der Waals surface area contributed by atoms with Gasteiger partial charge in [-0.3, -0.25) is 4.90 Å². The molecule has 1 aromatic heterocycles. The van der Waals surface area contributed by atoms with E-state index in [2.05, 4.69) is 51.0 Å². The highest BCUT2D eigenvalue weighted by Crippen LogP contribution is 2.34. The summed E-state index contributed by atoms with van der Waals surface area (Å²) in [6.07, 6.45) is 9.06. The summed E-state index contributed by atoms with van der Waals surface area (Å²) in [5.74, 6) is 1.17. The second-order valence-electron chi connectivity index (χ2n) is 6.74. The zero-order chi connectivity index (χ0) is 14.9. The Labute approximate surface area is 132 Å². The van der Waals surface area contributed by atoms with Crippen molar-refractivity contribution in [1.29, 1.82) is 0 Å². The van der Waals surface area contributed by atoms with Gasteiger partial charge in [0.25, 0.3) is 0 Å². The molecule has 0 saturated carbocycles. The molecule has 0 unspecified atom stereocenters. The molecule has 4 heteroatoms. The van der Waals surface area contributed by atoms with Crippen LogP contribution >= 0.6 is 0 Å². The third-order valence-corrected chi connectivity index (χ3v) is 5.29. The zero-order valence-corrected chi connectivity index (χ0v) is 13.3. The lowest BCUT2D eigenvalue weighted by Gasteiger charge is -2.26. The molecule has 0 amide bonds. The van der Waals surface area contributed by atoms with Crippen molar-refractivity contribution in [3.8, 4) is 0 Å². The lowest BCUT2D eigenvalue weighted by molar-refractivity contribution is 0.228. The Bertz CT molecular complexity index is 623. The van der Waals surface area contributed by atoms with Crippen molar-refractivity contribution in [2.45, 2.75) is 50.6 Å². The van der Waals surface area contributed by atoms with E-state index in [-0.39, 0.29) is 0 Å². The van der Waals surface area contributed by atoms with E-state index >= 15 is 0 Å². The van der Waals surface area contributed by atoms with E-state index in [4.69, 9.17) is 0 Å². The Balaban J connectivity index is 1.61. The van der Waals surface area contributed by atoms with Crippen molar-refractivity contribution in [3.63, 3.8) is 0 Å². The van der Waals surface area contributed by atoms with Crippen LogP contribution in [-0.4, -0.2) is 33.3 Å². The molecule has 1 aliphatic heterocycles. The van der Waals surface area contributed by atoms with Crippen molar-refractivity contribution < 1.29 is 0 Å². The molecule has 1 saturated heterocycles. The van der Waals surface area contributed by atoms with Crippen LogP contribution in [0.2, 0.25) is 0 Å². The molecule has 1 aromatic carbocycles. The van der Waals surface area contributed by atoms with E-state index in [1.54, 1.807) is 6.33 Å². The normalized spacial score (nSPS) is 23.4. The van der Waals surface area contributed by atoms with Crippen LogP contribution < -0.4 is 0 Å². The highest BCUT2D eigenvalue weighted by atomic mass is 15.4. The summed E-state index contributed by atoms with van der Waals surface area (Å²) in [6.45, 7) is 1.17. The molecule has 1 aliphatic carbocycles. The van der Waals surface area contributed by atoms with E-state index < -0.39 is 0 Å². The van der Waals surface area contributed by atoms with Gasteiger partial charge >= 0.3 is 0 Å². The van der Waals surface area contributed by atoms with Crippen LogP contribution in [0.5, 0.6) is 0 Å². The van der Waals surface area contributed by atoms with Crippen LogP contribution in [0, 0.1) is 0 Å². The molecule has 0 bridgehead atoms. The number of hydrogen-bond donors (Lipinski definition) is 0. The van der Waals surface area contributed by atoms with Gasteiger partial charge in [0, 0.05) is 0 Å². The lowest BCUT2D eigenvalue weighted by atomic mass is 10.1. The Morgan fingerprint density at radius 3 is 2.59 bits per heavy atom. The molecule has 2 aromatic rings. The number of likely N-dealkylation sites (tertiary alicyclic amines) is 1. The van der Waals surface area contributed by atoms with Crippen LogP contribution in [0.4, 0.5) is 0 Å². The first-order valence-corrected chi connectivity index (χ1v) is 8.49. The molecular formula is C18H24N4. The van der Waals surface area contributed by atoms with Crippen molar-refractivity contribution in [2.24, 2.45) is 0 Å². The first-order chi connectivity index (χ1) is 10.8. The fourth-order valence-electron chi connectivity index (χ4n) is 4.07. The Morgan fingerprint density at radius 1 is 1.05 bits per heavy atom. The maximum Gasteiger partial charge on any atom is 0.144 e. The summed E-state index contributed by atoms with van der Waals surface area (Å²) in [5.41, 5.74) is 2.95. The van der Waals surface area contributed by atoms with Crippen molar-refractivity contribution >= 4 is 0 Å². The second kappa shape index (κ2) is 5.84. The van der Waals surface area contributed by atoms with E-state index in [0.29, 0.717) is 12.1 Å². The monoisotopic (exact) mass is 296 g/mol. The van der Waals surface area contributed by atoms with Crippen LogP contribution in [0.3, 0.4) is 0 Å². The molecule has 0 N–H and O–H groups in total. The highest BCUT2D eigenvalue weighted by molar-refractivity contribution is 5.32. The molecule has 0 spiro atoms. The maximum absolute atomic E-state index is 4.65. The van der Waals surface area contributed by atoms with Gasteiger partial charge in [-0.15, -0.1) is 0 Å². The summed E-state index contributed by atoms with van der Waals surface area (Å²) in [4.78, 5) is 7.12. The van der Waals surface area contributed by atoms with E-state index in [9.17, 15) is 0 Å². The number of benzene rings is 1. The molecule has 1 atom stereocenters. The van der Waals surface area contributed by atoms with Gasteiger partial charge in [-0.1, -0.05) is 37.1 Å². The topological polar surface area (TPSA) is 34.0 Å². The zero-order valence-electron chi connectivity index (χ0n) is 13.3. The van der Waals surface area contributed by atoms with E-state index in [1.165, 1.54) is 49.2 Å². The molecule has 4 nitrogen and oxygen atoms in total. The van der Waals surface area contributed by atoms with Crippen LogP contribution in [0.25, 0.3) is 0 Å². The van der Waals surface area contributed by atoms with Crippen molar-refractivity contribution in [1.82, 2.24) is 19.7 Å². The molecule has 2 heterocycles. The van der Waals surface area contributed by atoms with E-state index in [0.717, 1.165) is 12.8 Å². The molecule has 2 aliphatic rings. The molecule has 22 heavy (non-hydrogen) atoms. The average Bonchev–Trinajstić information content (AvgIpc) is 3.11. The minimum atomic E-state index is 0.425. The number of hydrogen-bond acceptors (Lipinski definition) is 3. The standard InChI is InChI=1S/C18H24N4/c1-21-10-6-2-3-9-17(21)18-19-13-20-22(18)16-11-14-7-4-5-8-15(14)12-16/h4-5,7-8,13,16-17H,2-3,6,9-12H2,1H3/t17-/m0/s1. The van der Waals surface area contributed by atoms with Gasteiger partial charge in [0.05, 0.1) is 12.1 Å². The van der Waals surface area contributed by atoms with Gasteiger partial charge in [0.1, 0.15) is 12.2 Å². The number of aromatic nitrogens is 3. The predicted octanol–water partition coefficient (Wildman–Crippen LogP) is 3.16. The van der Waals surface area contributed by atoms with Crippen molar-refractivity contribution in [3.05, 3.63) is 47.5 Å². The van der Waals surface area contributed by atoms with Gasteiger partial charge in [-0.05, 0) is 50.4 Å². The van der Waals surface area contributed by atoms with Gasteiger partial charge in [-0.25, -0.2) is 9.67 Å². The fourth-order valence-corrected chi connectivity index (χ4v) is 4.07. The fraction of sp³-hybridized carbons (Fsp3) is 0.556. The van der Waals surface area contributed by atoms with Gasteiger partial charge in [-0.2, -0.15) is 5.10 Å². The number of nitrogens with zero attached hydrogens (tertiary/aromatic N) is 4. The molecular weight excluding hydrogens is 272 g/mol. The van der Waals surface area contributed by atoms with E-state index in [1.807, 2.05) is 0 Å². The number of rotatable bonds is 2. The minimum Gasteiger partial charge on any atom is -0.297 e. The Kier molecular flexibility index (Phi) is 3.70. The highest BCUT2D eigenvalue weighted by Gasteiger charge is 2.29.